The predicted octanol–water partition coefficient (Wildman–Crippen LogP) is 3.75. The summed E-state index contributed by atoms with van der Waals surface area (Å²) in [5.74, 6) is -0.663. The fourth-order valence-electron chi connectivity index (χ4n) is 1.85. The van der Waals surface area contributed by atoms with E-state index in [2.05, 4.69) is 27.0 Å². The highest BCUT2D eigenvalue weighted by Crippen LogP contribution is 2.20. The summed E-state index contributed by atoms with van der Waals surface area (Å²) in [4.78, 5) is 23.6. The van der Waals surface area contributed by atoms with Crippen molar-refractivity contribution in [2.24, 2.45) is 9.98 Å². The molecule has 8 heteroatoms. The molecule has 0 aliphatic heterocycles. The minimum Gasteiger partial charge on any atom is -0.452 e. The maximum absolute atomic E-state index is 13.7. The Kier molecular flexibility index (Phi) is 6.36. The van der Waals surface area contributed by atoms with Crippen LogP contribution in [0.1, 0.15) is 10.4 Å². The molecule has 1 aromatic heterocycles. The lowest BCUT2D eigenvalue weighted by atomic mass is 10.2. The number of aliphatic imine (C=N–C) groups is 2. The van der Waals surface area contributed by atoms with E-state index in [1.54, 1.807) is 7.05 Å². The Morgan fingerprint density at radius 1 is 1.40 bits per heavy atom. The van der Waals surface area contributed by atoms with E-state index in [9.17, 15) is 9.18 Å². The summed E-state index contributed by atoms with van der Waals surface area (Å²) in [6, 6.07) is 5.25. The number of hydrogen-bond donors (Lipinski definition) is 1. The van der Waals surface area contributed by atoms with E-state index in [4.69, 9.17) is 16.3 Å². The fourth-order valence-corrected chi connectivity index (χ4v) is 2.02. The molecule has 1 aromatic carbocycles. The van der Waals surface area contributed by atoms with Gasteiger partial charge >= 0.3 is 0 Å². The standard InChI is InChI=1S/C17H14ClFN4O2/c1-20-8-14(9-21-2)25-13-6-12(7-22-10-13)23-17(24)15-5-11(18)3-4-16(15)19/h3-10H,1H2,2H3,(H,23,24). The highest BCUT2D eigenvalue weighted by atomic mass is 35.5. The molecule has 0 fully saturated rings. The van der Waals surface area contributed by atoms with Crippen LogP contribution in [0.3, 0.4) is 0 Å². The number of benzene rings is 1. The van der Waals surface area contributed by atoms with Gasteiger partial charge in [0.2, 0.25) is 0 Å². The van der Waals surface area contributed by atoms with Crippen molar-refractivity contribution in [2.75, 3.05) is 12.4 Å². The molecule has 128 valence electrons. The Bertz CT molecular complexity index is 852. The van der Waals surface area contributed by atoms with Gasteiger partial charge in [-0.25, -0.2) is 4.39 Å². The van der Waals surface area contributed by atoms with Gasteiger partial charge in [0.15, 0.2) is 5.76 Å². The first-order valence-corrected chi connectivity index (χ1v) is 7.38. The molecule has 0 aliphatic carbocycles. The van der Waals surface area contributed by atoms with Crippen LogP contribution in [0.2, 0.25) is 5.02 Å². The monoisotopic (exact) mass is 360 g/mol. The van der Waals surface area contributed by atoms with Crippen LogP contribution < -0.4 is 10.1 Å². The molecule has 25 heavy (non-hydrogen) atoms. The van der Waals surface area contributed by atoms with E-state index in [-0.39, 0.29) is 10.6 Å². The summed E-state index contributed by atoms with van der Waals surface area (Å²) < 4.78 is 19.3. The number of rotatable bonds is 6. The smallest absolute Gasteiger partial charge is 0.258 e. The van der Waals surface area contributed by atoms with E-state index in [1.807, 2.05) is 0 Å². The summed E-state index contributed by atoms with van der Waals surface area (Å²) in [6.45, 7) is 3.34. The van der Waals surface area contributed by atoms with Crippen LogP contribution in [-0.2, 0) is 0 Å². The summed E-state index contributed by atoms with van der Waals surface area (Å²) in [6.07, 6.45) is 5.66. The lowest BCUT2D eigenvalue weighted by Gasteiger charge is -2.09. The number of halogens is 2. The van der Waals surface area contributed by atoms with Crippen molar-refractivity contribution in [1.29, 1.82) is 0 Å². The molecule has 1 amide bonds. The Labute approximate surface area is 148 Å². The molecular weight excluding hydrogens is 347 g/mol. The number of amides is 1. The van der Waals surface area contributed by atoms with Crippen molar-refractivity contribution < 1.29 is 13.9 Å². The number of pyridine rings is 1. The van der Waals surface area contributed by atoms with Crippen LogP contribution in [-0.4, -0.2) is 30.9 Å². The number of hydrogen-bond acceptors (Lipinski definition) is 5. The molecule has 0 saturated heterocycles. The lowest BCUT2D eigenvalue weighted by molar-refractivity contribution is 0.102. The molecule has 0 unspecified atom stereocenters. The van der Waals surface area contributed by atoms with Gasteiger partial charge in [0, 0.05) is 18.1 Å². The molecule has 2 aromatic rings. The molecule has 1 heterocycles. The summed E-state index contributed by atoms with van der Waals surface area (Å²) in [7, 11) is 1.58. The average molecular weight is 361 g/mol. The van der Waals surface area contributed by atoms with Gasteiger partial charge in [-0.05, 0) is 24.9 Å². The van der Waals surface area contributed by atoms with Gasteiger partial charge in [0.1, 0.15) is 11.6 Å². The van der Waals surface area contributed by atoms with Crippen molar-refractivity contribution in [1.82, 2.24) is 4.98 Å². The molecule has 0 bridgehead atoms. The first kappa shape index (κ1) is 18.3. The second kappa shape index (κ2) is 8.70. The topological polar surface area (TPSA) is 75.9 Å². The number of aromatic nitrogens is 1. The number of nitrogens with one attached hydrogen (secondary N) is 1. The fraction of sp³-hybridized carbons (Fsp3) is 0.0588. The van der Waals surface area contributed by atoms with E-state index in [0.29, 0.717) is 17.2 Å². The molecular formula is C17H14ClFN4O2. The van der Waals surface area contributed by atoms with Crippen LogP contribution in [0.25, 0.3) is 0 Å². The second-order valence-corrected chi connectivity index (χ2v) is 5.13. The zero-order valence-corrected chi connectivity index (χ0v) is 14.0. The van der Waals surface area contributed by atoms with Gasteiger partial charge < -0.3 is 10.1 Å². The van der Waals surface area contributed by atoms with Crippen LogP contribution in [0.4, 0.5) is 10.1 Å². The lowest BCUT2D eigenvalue weighted by Crippen LogP contribution is -2.14. The maximum Gasteiger partial charge on any atom is 0.258 e. The molecule has 0 atom stereocenters. The SMILES string of the molecule is C=NC=C(C=NC)Oc1cncc(NC(=O)c2cc(Cl)ccc2F)c1. The largest absolute Gasteiger partial charge is 0.452 e. The van der Waals surface area contributed by atoms with Gasteiger partial charge in [-0.3, -0.25) is 19.8 Å². The van der Waals surface area contributed by atoms with Crippen LogP contribution in [0.15, 0.2) is 58.6 Å². The number of anilines is 1. The second-order valence-electron chi connectivity index (χ2n) is 4.69. The van der Waals surface area contributed by atoms with Crippen molar-refractivity contribution in [2.45, 2.75) is 0 Å². The Morgan fingerprint density at radius 2 is 2.20 bits per heavy atom. The quantitative estimate of drug-likeness (QED) is 0.629. The van der Waals surface area contributed by atoms with E-state index < -0.39 is 11.7 Å². The van der Waals surface area contributed by atoms with E-state index >= 15 is 0 Å². The van der Waals surface area contributed by atoms with Crippen molar-refractivity contribution in [3.8, 4) is 5.75 Å². The van der Waals surface area contributed by atoms with Crippen LogP contribution >= 0.6 is 11.6 Å². The molecule has 1 N–H and O–H groups in total. The number of ether oxygens (including phenoxy) is 1. The minimum absolute atomic E-state index is 0.173. The summed E-state index contributed by atoms with van der Waals surface area (Å²) in [5.41, 5.74) is 0.148. The molecule has 6 nitrogen and oxygen atoms in total. The van der Waals surface area contributed by atoms with Gasteiger partial charge in [-0.2, -0.15) is 0 Å². The number of carbonyl (C=O) groups is 1. The molecule has 0 aliphatic rings. The van der Waals surface area contributed by atoms with E-state index in [0.717, 1.165) is 6.07 Å². The molecule has 0 spiro atoms. The summed E-state index contributed by atoms with van der Waals surface area (Å²) in [5, 5.41) is 2.79. The van der Waals surface area contributed by atoms with Crippen LogP contribution in [0.5, 0.6) is 5.75 Å². The third-order valence-electron chi connectivity index (χ3n) is 2.85. The minimum atomic E-state index is -0.677. The van der Waals surface area contributed by atoms with Gasteiger partial charge in [0.25, 0.3) is 5.91 Å². The van der Waals surface area contributed by atoms with Gasteiger partial charge in [-0.15, -0.1) is 0 Å². The molecule has 0 radical (unpaired) electrons. The Balaban J connectivity index is 2.18. The van der Waals surface area contributed by atoms with Crippen molar-refractivity contribution >= 4 is 36.1 Å². The van der Waals surface area contributed by atoms with Gasteiger partial charge in [-0.1, -0.05) is 11.6 Å². The number of carbonyl (C=O) groups excluding carboxylic acids is 1. The van der Waals surface area contributed by atoms with Crippen molar-refractivity contribution in [3.05, 3.63) is 65.0 Å². The first-order chi connectivity index (χ1) is 12.0. The highest BCUT2D eigenvalue weighted by molar-refractivity contribution is 6.31. The number of nitrogens with zero attached hydrogens (tertiary/aromatic N) is 3. The third-order valence-corrected chi connectivity index (χ3v) is 3.09. The van der Waals surface area contributed by atoms with E-state index in [1.165, 1.54) is 43.0 Å². The number of allylic oxidation sites excluding steroid dienone is 1. The normalized spacial score (nSPS) is 11.4. The molecule has 2 rings (SSSR count). The summed E-state index contributed by atoms with van der Waals surface area (Å²) >= 11 is 5.79. The third kappa shape index (κ3) is 5.22. The zero-order chi connectivity index (χ0) is 18.2. The van der Waals surface area contributed by atoms with Crippen LogP contribution in [0, 0.1) is 5.82 Å². The average Bonchev–Trinajstić information content (AvgIpc) is 2.58. The Morgan fingerprint density at radius 3 is 2.92 bits per heavy atom. The highest BCUT2D eigenvalue weighted by Gasteiger charge is 2.13. The van der Waals surface area contributed by atoms with Gasteiger partial charge in [0.05, 0.1) is 36.1 Å². The Hall–Kier alpha value is -3.06. The maximum atomic E-state index is 13.7. The molecule has 0 saturated carbocycles. The zero-order valence-electron chi connectivity index (χ0n) is 13.2. The van der Waals surface area contributed by atoms with Crippen molar-refractivity contribution in [3.63, 3.8) is 0 Å². The predicted molar refractivity (Wildman–Crippen MR) is 96.3 cm³/mol. The first-order valence-electron chi connectivity index (χ1n) is 7.01.